The smallest absolute Gasteiger partial charge is 0.262 e. The van der Waals surface area contributed by atoms with Gasteiger partial charge in [-0.15, -0.1) is 0 Å². The number of methoxy groups -OCH3 is 1. The molecule has 0 aliphatic carbocycles. The van der Waals surface area contributed by atoms with Gasteiger partial charge in [0.25, 0.3) is 5.91 Å². The van der Waals surface area contributed by atoms with Crippen LogP contribution in [0.15, 0.2) is 76.8 Å². The van der Waals surface area contributed by atoms with E-state index in [-0.39, 0.29) is 24.3 Å². The van der Waals surface area contributed by atoms with Gasteiger partial charge in [-0.2, -0.15) is 10.1 Å². The number of hydrazone groups is 1. The topological polar surface area (TPSA) is 83.4 Å². The summed E-state index contributed by atoms with van der Waals surface area (Å²) >= 11 is 7.37. The third kappa shape index (κ3) is 5.61. The molecule has 0 spiro atoms. The predicted molar refractivity (Wildman–Crippen MR) is 153 cm³/mol. The maximum atomic E-state index is 12.9. The average molecular weight is 547 g/mol. The minimum absolute atomic E-state index is 0.0264. The zero-order valence-electron chi connectivity index (χ0n) is 21.3. The molecule has 0 saturated carbocycles. The van der Waals surface area contributed by atoms with Crippen LogP contribution in [-0.2, 0) is 9.59 Å². The van der Waals surface area contributed by atoms with Crippen LogP contribution in [0.2, 0.25) is 5.02 Å². The molecule has 1 N–H and O–H groups in total. The van der Waals surface area contributed by atoms with E-state index in [1.165, 1.54) is 11.8 Å². The van der Waals surface area contributed by atoms with Gasteiger partial charge in [-0.1, -0.05) is 65.3 Å². The molecule has 0 fully saturated rings. The summed E-state index contributed by atoms with van der Waals surface area (Å²) in [5, 5.41) is 10.1. The van der Waals surface area contributed by atoms with Crippen molar-refractivity contribution < 1.29 is 14.3 Å². The van der Waals surface area contributed by atoms with Crippen LogP contribution in [0.5, 0.6) is 5.75 Å². The fourth-order valence-electron chi connectivity index (χ4n) is 4.52. The second kappa shape index (κ2) is 11.0. The van der Waals surface area contributed by atoms with E-state index in [4.69, 9.17) is 21.4 Å². The average Bonchev–Trinajstić information content (AvgIpc) is 3.50. The minimum atomic E-state index is -0.609. The molecule has 7 nitrogen and oxygen atoms in total. The fourth-order valence-corrected chi connectivity index (χ4v) is 5.70. The first-order valence-electron chi connectivity index (χ1n) is 12.2. The number of hydrogen-bond acceptors (Lipinski definition) is 6. The number of rotatable bonds is 6. The SMILES string of the molecule is COc1ccc([C@H]2CC(c3ccc(Cl)cc3)=NN2C2=NC(=O)[C@H](CC(=O)Nc3ccc(C)cc3C)S2)cc1. The molecule has 194 valence electrons. The van der Waals surface area contributed by atoms with Gasteiger partial charge in [-0.05, 0) is 60.9 Å². The first kappa shape index (κ1) is 26.0. The Balaban J connectivity index is 1.35. The Kier molecular flexibility index (Phi) is 7.53. The second-order valence-electron chi connectivity index (χ2n) is 9.30. The Labute approximate surface area is 230 Å². The molecule has 38 heavy (non-hydrogen) atoms. The van der Waals surface area contributed by atoms with Gasteiger partial charge < -0.3 is 10.1 Å². The molecule has 2 heterocycles. The third-order valence-electron chi connectivity index (χ3n) is 6.54. The number of hydrogen-bond donors (Lipinski definition) is 1. The first-order valence-corrected chi connectivity index (χ1v) is 13.5. The zero-order valence-corrected chi connectivity index (χ0v) is 22.8. The second-order valence-corrected chi connectivity index (χ2v) is 10.9. The van der Waals surface area contributed by atoms with Crippen LogP contribution in [0.25, 0.3) is 0 Å². The lowest BCUT2D eigenvalue weighted by Gasteiger charge is -2.23. The van der Waals surface area contributed by atoms with Crippen molar-refractivity contribution in [3.8, 4) is 5.75 Å². The number of aliphatic imine (C=N–C) groups is 1. The van der Waals surface area contributed by atoms with Gasteiger partial charge in [0.2, 0.25) is 5.91 Å². The van der Waals surface area contributed by atoms with Crippen LogP contribution in [-0.4, -0.2) is 40.1 Å². The number of nitrogens with one attached hydrogen (secondary N) is 1. The number of amides is 2. The highest BCUT2D eigenvalue weighted by molar-refractivity contribution is 8.15. The number of halogens is 1. The van der Waals surface area contributed by atoms with Crippen molar-refractivity contribution in [2.24, 2.45) is 10.1 Å². The highest BCUT2D eigenvalue weighted by atomic mass is 35.5. The van der Waals surface area contributed by atoms with E-state index in [1.54, 1.807) is 12.1 Å². The standard InChI is InChI=1S/C29H27ClN4O3S/c1-17-4-13-23(18(2)14-17)31-27(35)16-26-28(36)32-29(38-26)34-25(20-7-11-22(37-3)12-8-20)15-24(33-34)19-5-9-21(30)10-6-19/h4-14,25-26H,15-16H2,1-3H3,(H,31,35)/t25-,26+/m1/s1. The van der Waals surface area contributed by atoms with Crippen molar-refractivity contribution in [3.63, 3.8) is 0 Å². The van der Waals surface area contributed by atoms with Crippen molar-refractivity contribution in [3.05, 3.63) is 94.0 Å². The highest BCUT2D eigenvalue weighted by Crippen LogP contribution is 2.39. The van der Waals surface area contributed by atoms with Gasteiger partial charge in [0.1, 0.15) is 11.0 Å². The number of carbonyl (C=O) groups excluding carboxylic acids is 2. The lowest BCUT2D eigenvalue weighted by atomic mass is 9.98. The molecule has 2 amide bonds. The number of carbonyl (C=O) groups is 2. The summed E-state index contributed by atoms with van der Waals surface area (Å²) < 4.78 is 5.32. The van der Waals surface area contributed by atoms with Gasteiger partial charge >= 0.3 is 0 Å². The molecule has 0 saturated heterocycles. The molecular formula is C29H27ClN4O3S. The Morgan fingerprint density at radius 2 is 1.84 bits per heavy atom. The van der Waals surface area contributed by atoms with E-state index in [1.807, 2.05) is 80.6 Å². The summed E-state index contributed by atoms with van der Waals surface area (Å²) in [6.07, 6.45) is 0.651. The number of ether oxygens (including phenoxy) is 1. The molecular weight excluding hydrogens is 520 g/mol. The van der Waals surface area contributed by atoms with Gasteiger partial charge in [-0.3, -0.25) is 9.59 Å². The van der Waals surface area contributed by atoms with Gasteiger partial charge in [0.15, 0.2) is 5.17 Å². The van der Waals surface area contributed by atoms with E-state index in [9.17, 15) is 9.59 Å². The molecule has 9 heteroatoms. The van der Waals surface area contributed by atoms with Gasteiger partial charge in [0, 0.05) is 23.6 Å². The monoisotopic (exact) mass is 546 g/mol. The van der Waals surface area contributed by atoms with Crippen LogP contribution in [0.3, 0.4) is 0 Å². The van der Waals surface area contributed by atoms with Gasteiger partial charge in [0.05, 0.1) is 18.9 Å². The van der Waals surface area contributed by atoms with Crippen molar-refractivity contribution in [2.45, 2.75) is 38.0 Å². The first-order chi connectivity index (χ1) is 18.3. The predicted octanol–water partition coefficient (Wildman–Crippen LogP) is 6.14. The maximum absolute atomic E-state index is 12.9. The van der Waals surface area contributed by atoms with E-state index >= 15 is 0 Å². The van der Waals surface area contributed by atoms with Crippen LogP contribution in [0, 0.1) is 13.8 Å². The van der Waals surface area contributed by atoms with E-state index in [0.29, 0.717) is 16.6 Å². The highest BCUT2D eigenvalue weighted by Gasteiger charge is 2.39. The molecule has 0 aromatic heterocycles. The molecule has 2 atom stereocenters. The van der Waals surface area contributed by atoms with E-state index in [2.05, 4.69) is 10.3 Å². The molecule has 2 aliphatic rings. The Morgan fingerprint density at radius 3 is 2.53 bits per heavy atom. The van der Waals surface area contributed by atoms with Crippen LogP contribution in [0.4, 0.5) is 5.69 Å². The minimum Gasteiger partial charge on any atom is -0.497 e. The summed E-state index contributed by atoms with van der Waals surface area (Å²) in [5.41, 5.74) is 5.68. The van der Waals surface area contributed by atoms with Crippen molar-refractivity contribution in [2.75, 3.05) is 12.4 Å². The lowest BCUT2D eigenvalue weighted by Crippen LogP contribution is -2.25. The fraction of sp³-hybridized carbons (Fsp3) is 0.241. The number of thioether (sulfide) groups is 1. The lowest BCUT2D eigenvalue weighted by molar-refractivity contribution is -0.121. The Morgan fingerprint density at radius 1 is 1.11 bits per heavy atom. The van der Waals surface area contributed by atoms with Crippen molar-refractivity contribution in [1.82, 2.24) is 5.01 Å². The number of amidine groups is 1. The zero-order chi connectivity index (χ0) is 26.8. The van der Waals surface area contributed by atoms with Crippen LogP contribution in [0.1, 0.15) is 41.1 Å². The summed E-state index contributed by atoms with van der Waals surface area (Å²) in [6.45, 7) is 3.95. The number of benzene rings is 3. The van der Waals surface area contributed by atoms with Gasteiger partial charge in [-0.25, -0.2) is 5.01 Å². The largest absolute Gasteiger partial charge is 0.497 e. The summed E-state index contributed by atoms with van der Waals surface area (Å²) in [5.74, 6) is 0.205. The van der Waals surface area contributed by atoms with Crippen LogP contribution >= 0.6 is 23.4 Å². The molecule has 2 aliphatic heterocycles. The maximum Gasteiger partial charge on any atom is 0.262 e. The normalized spacial score (nSPS) is 18.8. The van der Waals surface area contributed by atoms with Crippen molar-refractivity contribution in [1.29, 1.82) is 0 Å². The van der Waals surface area contributed by atoms with Crippen LogP contribution < -0.4 is 10.1 Å². The third-order valence-corrected chi connectivity index (χ3v) is 7.93. The number of aryl methyl sites for hydroxylation is 2. The summed E-state index contributed by atoms with van der Waals surface area (Å²) in [7, 11) is 1.63. The summed E-state index contributed by atoms with van der Waals surface area (Å²) in [6, 6.07) is 21.0. The summed E-state index contributed by atoms with van der Waals surface area (Å²) in [4.78, 5) is 30.0. The van der Waals surface area contributed by atoms with E-state index < -0.39 is 5.25 Å². The van der Waals surface area contributed by atoms with Crippen molar-refractivity contribution >= 4 is 51.7 Å². The molecule has 0 bridgehead atoms. The number of anilines is 1. The Hall–Kier alpha value is -3.62. The molecule has 3 aromatic rings. The quantitative estimate of drug-likeness (QED) is 0.401. The molecule has 0 unspecified atom stereocenters. The molecule has 3 aromatic carbocycles. The van der Waals surface area contributed by atoms with E-state index in [0.717, 1.165) is 39.4 Å². The Bertz CT molecular complexity index is 1440. The molecule has 5 rings (SSSR count). The number of nitrogens with zero attached hydrogens (tertiary/aromatic N) is 3. The molecule has 0 radical (unpaired) electrons.